The van der Waals surface area contributed by atoms with Crippen LogP contribution in [0.4, 0.5) is 0 Å². The molecule has 20 heavy (non-hydrogen) atoms. The van der Waals surface area contributed by atoms with Gasteiger partial charge in [0.25, 0.3) is 0 Å². The molecule has 2 aromatic rings. The van der Waals surface area contributed by atoms with Crippen molar-refractivity contribution in [2.24, 2.45) is 5.73 Å². The third-order valence-electron chi connectivity index (χ3n) is 3.25. The molecule has 2 unspecified atom stereocenters. The van der Waals surface area contributed by atoms with Crippen LogP contribution in [0.15, 0.2) is 39.4 Å². The first kappa shape index (κ1) is 14.3. The van der Waals surface area contributed by atoms with Gasteiger partial charge in [0.05, 0.1) is 5.69 Å². The maximum absolute atomic E-state index is 6.23. The summed E-state index contributed by atoms with van der Waals surface area (Å²) in [6.07, 6.45) is 2.26. The molecular weight excluding hydrogens is 407 g/mol. The Hall–Kier alpha value is -0.620. The fourth-order valence-corrected chi connectivity index (χ4v) is 3.73. The van der Waals surface area contributed by atoms with Crippen LogP contribution in [0.3, 0.4) is 0 Å². The van der Waals surface area contributed by atoms with Gasteiger partial charge in [0.15, 0.2) is 0 Å². The monoisotopic (exact) mass is 416 g/mol. The van der Waals surface area contributed by atoms with E-state index in [9.17, 15) is 0 Å². The van der Waals surface area contributed by atoms with Crippen LogP contribution >= 0.6 is 43.5 Å². The highest BCUT2D eigenvalue weighted by Gasteiger charge is 2.29. The zero-order valence-electron chi connectivity index (χ0n) is 10.3. The highest BCUT2D eigenvalue weighted by molar-refractivity contribution is 9.11. The Kier molecular flexibility index (Phi) is 4.04. The molecule has 0 aliphatic carbocycles. The normalized spacial score (nSPS) is 21.2. The number of nitrogens with zero attached hydrogens (tertiary/aromatic N) is 1. The third-order valence-corrected chi connectivity index (χ3v) is 4.55. The van der Waals surface area contributed by atoms with Crippen LogP contribution in [0.1, 0.15) is 29.8 Å². The molecule has 1 aliphatic rings. The van der Waals surface area contributed by atoms with E-state index in [4.69, 9.17) is 22.1 Å². The maximum Gasteiger partial charge on any atom is 0.143 e. The van der Waals surface area contributed by atoms with Crippen molar-refractivity contribution in [3.63, 3.8) is 0 Å². The lowest BCUT2D eigenvalue weighted by Crippen LogP contribution is -2.25. The van der Waals surface area contributed by atoms with E-state index < -0.39 is 0 Å². The topological polar surface area (TPSA) is 48.1 Å². The average molecular weight is 419 g/mol. The highest BCUT2D eigenvalue weighted by atomic mass is 79.9. The van der Waals surface area contributed by atoms with Crippen LogP contribution in [0.25, 0.3) is 0 Å². The number of nitrogens with two attached hydrogens (primary N) is 1. The van der Waals surface area contributed by atoms with Crippen LogP contribution in [-0.2, 0) is 0 Å². The van der Waals surface area contributed by atoms with E-state index in [2.05, 4.69) is 36.8 Å². The first-order valence-corrected chi connectivity index (χ1v) is 8.03. The zero-order valence-corrected chi connectivity index (χ0v) is 14.2. The summed E-state index contributed by atoms with van der Waals surface area (Å²) in [6, 6.07) is 7.37. The van der Waals surface area contributed by atoms with Crippen molar-refractivity contribution < 1.29 is 4.74 Å². The van der Waals surface area contributed by atoms with Crippen LogP contribution in [0, 0.1) is 0 Å². The molecule has 0 radical (unpaired) electrons. The molecule has 2 atom stereocenters. The fourth-order valence-electron chi connectivity index (χ4n) is 2.30. The number of benzene rings is 1. The second-order valence-electron chi connectivity index (χ2n) is 4.65. The molecule has 3 rings (SSSR count). The van der Waals surface area contributed by atoms with Crippen molar-refractivity contribution in [2.75, 3.05) is 0 Å². The van der Waals surface area contributed by atoms with Crippen molar-refractivity contribution in [2.45, 2.75) is 18.6 Å². The maximum atomic E-state index is 6.23. The predicted molar refractivity (Wildman–Crippen MR) is 86.0 cm³/mol. The van der Waals surface area contributed by atoms with E-state index >= 15 is 0 Å². The largest absolute Gasteiger partial charge is 0.484 e. The minimum absolute atomic E-state index is 0.111. The molecule has 1 aliphatic heterocycles. The van der Waals surface area contributed by atoms with Gasteiger partial charge in [-0.15, -0.1) is 0 Å². The minimum Gasteiger partial charge on any atom is -0.484 e. The van der Waals surface area contributed by atoms with Crippen molar-refractivity contribution in [3.05, 3.63) is 55.7 Å². The lowest BCUT2D eigenvalue weighted by Gasteiger charge is -2.30. The van der Waals surface area contributed by atoms with Gasteiger partial charge in [0.1, 0.15) is 11.9 Å². The number of ether oxygens (including phenoxy) is 1. The highest BCUT2D eigenvalue weighted by Crippen LogP contribution is 2.41. The smallest absolute Gasteiger partial charge is 0.143 e. The Balaban J connectivity index is 1.97. The Morgan fingerprint density at radius 3 is 2.85 bits per heavy atom. The summed E-state index contributed by atoms with van der Waals surface area (Å²) in [5.41, 5.74) is 8.03. The standard InChI is InChI=1S/C14H11Br2ClN2O/c15-7-3-10(16)14(19-6-7)13-5-11(18)9-4-8(17)1-2-12(9)20-13/h1-4,6,11,13H,5,18H2. The summed E-state index contributed by atoms with van der Waals surface area (Å²) in [5, 5.41) is 0.671. The Morgan fingerprint density at radius 1 is 1.30 bits per heavy atom. The van der Waals surface area contributed by atoms with Gasteiger partial charge in [-0.25, -0.2) is 0 Å². The zero-order chi connectivity index (χ0) is 14.3. The van der Waals surface area contributed by atoms with Crippen molar-refractivity contribution >= 4 is 43.5 Å². The molecule has 0 spiro atoms. The molecule has 2 N–H and O–H groups in total. The molecule has 104 valence electrons. The van der Waals surface area contributed by atoms with E-state index in [1.54, 1.807) is 12.3 Å². The molecule has 2 heterocycles. The van der Waals surface area contributed by atoms with E-state index in [1.807, 2.05) is 18.2 Å². The van der Waals surface area contributed by atoms with Crippen molar-refractivity contribution in [3.8, 4) is 5.75 Å². The first-order chi connectivity index (χ1) is 9.54. The predicted octanol–water partition coefficient (Wildman–Crippen LogP) is 4.78. The van der Waals surface area contributed by atoms with Gasteiger partial charge >= 0.3 is 0 Å². The van der Waals surface area contributed by atoms with Gasteiger partial charge in [-0.2, -0.15) is 0 Å². The van der Waals surface area contributed by atoms with Gasteiger partial charge in [-0.1, -0.05) is 11.6 Å². The number of rotatable bonds is 1. The van der Waals surface area contributed by atoms with E-state index in [1.165, 1.54) is 0 Å². The van der Waals surface area contributed by atoms with Crippen LogP contribution in [-0.4, -0.2) is 4.98 Å². The lowest BCUT2D eigenvalue weighted by atomic mass is 9.95. The Bertz CT molecular complexity index is 666. The lowest BCUT2D eigenvalue weighted by molar-refractivity contribution is 0.156. The summed E-state index contributed by atoms with van der Waals surface area (Å²) in [5.74, 6) is 0.773. The summed E-state index contributed by atoms with van der Waals surface area (Å²) < 4.78 is 7.84. The van der Waals surface area contributed by atoms with Gasteiger partial charge in [0, 0.05) is 38.2 Å². The minimum atomic E-state index is -0.166. The summed E-state index contributed by atoms with van der Waals surface area (Å²) in [6.45, 7) is 0. The second-order valence-corrected chi connectivity index (χ2v) is 6.86. The summed E-state index contributed by atoms with van der Waals surface area (Å²) >= 11 is 12.9. The van der Waals surface area contributed by atoms with Crippen molar-refractivity contribution in [1.82, 2.24) is 4.98 Å². The number of halogens is 3. The van der Waals surface area contributed by atoms with E-state index in [0.29, 0.717) is 11.4 Å². The quantitative estimate of drug-likeness (QED) is 0.725. The van der Waals surface area contributed by atoms with E-state index in [-0.39, 0.29) is 12.1 Å². The van der Waals surface area contributed by atoms with Crippen molar-refractivity contribution in [1.29, 1.82) is 0 Å². The summed E-state index contributed by atoms with van der Waals surface area (Å²) in [4.78, 5) is 4.43. The average Bonchev–Trinajstić information content (AvgIpc) is 2.39. The van der Waals surface area contributed by atoms with Gasteiger partial charge in [0.2, 0.25) is 0 Å². The molecule has 6 heteroatoms. The van der Waals surface area contributed by atoms with Gasteiger partial charge in [-0.05, 0) is 56.1 Å². The van der Waals surface area contributed by atoms with Gasteiger partial charge in [-0.3, -0.25) is 4.98 Å². The summed E-state index contributed by atoms with van der Waals surface area (Å²) in [7, 11) is 0. The number of fused-ring (bicyclic) bond motifs is 1. The van der Waals surface area contributed by atoms with Crippen LogP contribution < -0.4 is 10.5 Å². The second kappa shape index (κ2) is 5.64. The SMILES string of the molecule is NC1CC(c2ncc(Br)cc2Br)Oc2ccc(Cl)cc21. The number of hydrogen-bond donors (Lipinski definition) is 1. The molecule has 0 amide bonds. The molecule has 0 saturated carbocycles. The number of aromatic nitrogens is 1. The molecule has 0 fully saturated rings. The Morgan fingerprint density at radius 2 is 2.10 bits per heavy atom. The fraction of sp³-hybridized carbons (Fsp3) is 0.214. The molecule has 1 aromatic heterocycles. The number of hydrogen-bond acceptors (Lipinski definition) is 3. The Labute approximate surface area is 138 Å². The molecule has 0 bridgehead atoms. The van der Waals surface area contributed by atoms with Crippen LogP contribution in [0.5, 0.6) is 5.75 Å². The van der Waals surface area contributed by atoms with Crippen LogP contribution in [0.2, 0.25) is 5.02 Å². The molecule has 3 nitrogen and oxygen atoms in total. The molecule has 1 aromatic carbocycles. The molecule has 0 saturated heterocycles. The molecular formula is C14H11Br2ClN2O. The van der Waals surface area contributed by atoms with Gasteiger partial charge < -0.3 is 10.5 Å². The first-order valence-electron chi connectivity index (χ1n) is 6.07. The van der Waals surface area contributed by atoms with E-state index in [0.717, 1.165) is 26.0 Å². The third kappa shape index (κ3) is 2.72. The number of pyridine rings is 1.